The smallest absolute Gasteiger partial charge is 0.183 e. The molecule has 6 heteroatoms. The Balaban J connectivity index is 2.93. The fraction of sp³-hybridized carbons (Fsp3) is 0.417. The van der Waals surface area contributed by atoms with Crippen molar-refractivity contribution in [3.63, 3.8) is 0 Å². The minimum absolute atomic E-state index is 0.00787. The molecular formula is C12H14F2N2OS. The Morgan fingerprint density at radius 1 is 1.44 bits per heavy atom. The number of aliphatic hydroxyl groups excluding tert-OH is 1. The molecule has 0 aliphatic heterocycles. The molecule has 0 fully saturated rings. The van der Waals surface area contributed by atoms with Gasteiger partial charge in [0.05, 0.1) is 17.9 Å². The van der Waals surface area contributed by atoms with Crippen LogP contribution in [0.4, 0.5) is 14.5 Å². The second-order valence-electron chi connectivity index (χ2n) is 3.79. The predicted molar refractivity (Wildman–Crippen MR) is 68.5 cm³/mol. The van der Waals surface area contributed by atoms with Crippen molar-refractivity contribution in [2.75, 3.05) is 18.2 Å². The van der Waals surface area contributed by atoms with Crippen molar-refractivity contribution in [2.45, 2.75) is 18.2 Å². The molecule has 0 spiro atoms. The number of anilines is 1. The van der Waals surface area contributed by atoms with E-state index in [1.165, 1.54) is 23.9 Å². The SMILES string of the molecule is CSC(CO)C(C)Nc1ccc(C#N)c(F)c1F. The maximum absolute atomic E-state index is 13.6. The van der Waals surface area contributed by atoms with Crippen LogP contribution in [0.1, 0.15) is 12.5 Å². The molecule has 98 valence electrons. The van der Waals surface area contributed by atoms with E-state index in [1.807, 2.05) is 6.26 Å². The van der Waals surface area contributed by atoms with Gasteiger partial charge in [0, 0.05) is 11.3 Å². The molecule has 0 aliphatic carbocycles. The Kier molecular flexibility index (Phi) is 5.38. The minimum atomic E-state index is -1.15. The van der Waals surface area contributed by atoms with Crippen LogP contribution in [-0.2, 0) is 0 Å². The van der Waals surface area contributed by atoms with Gasteiger partial charge in [-0.2, -0.15) is 17.0 Å². The lowest BCUT2D eigenvalue weighted by molar-refractivity contribution is 0.288. The van der Waals surface area contributed by atoms with E-state index in [1.54, 1.807) is 13.0 Å². The van der Waals surface area contributed by atoms with Crippen LogP contribution in [0.3, 0.4) is 0 Å². The fourth-order valence-electron chi connectivity index (χ4n) is 1.52. The Morgan fingerprint density at radius 3 is 2.61 bits per heavy atom. The monoisotopic (exact) mass is 272 g/mol. The summed E-state index contributed by atoms with van der Waals surface area (Å²) in [6.45, 7) is 1.71. The minimum Gasteiger partial charge on any atom is -0.395 e. The van der Waals surface area contributed by atoms with Gasteiger partial charge in [0.2, 0.25) is 0 Å². The number of benzene rings is 1. The number of nitrogens with one attached hydrogen (secondary N) is 1. The number of halogens is 2. The lowest BCUT2D eigenvalue weighted by atomic mass is 10.1. The predicted octanol–water partition coefficient (Wildman–Crippen LogP) is 2.36. The van der Waals surface area contributed by atoms with Gasteiger partial charge in [0.25, 0.3) is 0 Å². The van der Waals surface area contributed by atoms with Crippen molar-refractivity contribution in [3.8, 4) is 6.07 Å². The van der Waals surface area contributed by atoms with Crippen molar-refractivity contribution >= 4 is 17.4 Å². The summed E-state index contributed by atoms with van der Waals surface area (Å²) < 4.78 is 27.0. The number of hydrogen-bond acceptors (Lipinski definition) is 4. The van der Waals surface area contributed by atoms with Gasteiger partial charge in [-0.25, -0.2) is 8.78 Å². The van der Waals surface area contributed by atoms with Crippen LogP contribution in [0.15, 0.2) is 12.1 Å². The summed E-state index contributed by atoms with van der Waals surface area (Å²) in [7, 11) is 0. The van der Waals surface area contributed by atoms with Crippen molar-refractivity contribution in [3.05, 3.63) is 29.3 Å². The number of nitriles is 1. The van der Waals surface area contributed by atoms with Crippen molar-refractivity contribution < 1.29 is 13.9 Å². The molecule has 0 radical (unpaired) electrons. The molecule has 0 heterocycles. The highest BCUT2D eigenvalue weighted by Gasteiger charge is 2.19. The molecule has 2 atom stereocenters. The van der Waals surface area contributed by atoms with Crippen LogP contribution in [0.25, 0.3) is 0 Å². The second kappa shape index (κ2) is 6.57. The normalized spacial score (nSPS) is 13.8. The van der Waals surface area contributed by atoms with Gasteiger partial charge >= 0.3 is 0 Å². The Bertz CT molecular complexity index is 458. The summed E-state index contributed by atoms with van der Waals surface area (Å²) in [5, 5.41) is 20.4. The van der Waals surface area contributed by atoms with Gasteiger partial charge in [0.15, 0.2) is 11.6 Å². The molecule has 1 aromatic carbocycles. The van der Waals surface area contributed by atoms with E-state index in [-0.39, 0.29) is 29.1 Å². The molecule has 0 saturated carbocycles. The van der Waals surface area contributed by atoms with Crippen LogP contribution >= 0.6 is 11.8 Å². The maximum atomic E-state index is 13.6. The Labute approximate surface area is 109 Å². The topological polar surface area (TPSA) is 56.0 Å². The summed E-state index contributed by atoms with van der Waals surface area (Å²) in [6.07, 6.45) is 1.83. The van der Waals surface area contributed by atoms with E-state index in [4.69, 9.17) is 10.4 Å². The third-order valence-electron chi connectivity index (χ3n) is 2.63. The second-order valence-corrected chi connectivity index (χ2v) is 4.87. The average Bonchev–Trinajstić information content (AvgIpc) is 2.37. The zero-order valence-electron chi connectivity index (χ0n) is 10.1. The lowest BCUT2D eigenvalue weighted by Gasteiger charge is -2.22. The molecule has 2 unspecified atom stereocenters. The van der Waals surface area contributed by atoms with Gasteiger partial charge in [-0.1, -0.05) is 0 Å². The van der Waals surface area contributed by atoms with E-state index in [9.17, 15) is 8.78 Å². The first kappa shape index (κ1) is 14.7. The van der Waals surface area contributed by atoms with Crippen LogP contribution < -0.4 is 5.32 Å². The largest absolute Gasteiger partial charge is 0.395 e. The van der Waals surface area contributed by atoms with E-state index in [0.717, 1.165) is 0 Å². The molecule has 1 aromatic rings. The number of nitrogens with zero attached hydrogens (tertiary/aromatic N) is 1. The molecule has 0 amide bonds. The van der Waals surface area contributed by atoms with Crippen molar-refractivity contribution in [2.24, 2.45) is 0 Å². The summed E-state index contributed by atoms with van der Waals surface area (Å²) in [5.41, 5.74) is -0.333. The summed E-state index contributed by atoms with van der Waals surface area (Å²) >= 11 is 1.43. The lowest BCUT2D eigenvalue weighted by Crippen LogP contribution is -2.31. The van der Waals surface area contributed by atoms with E-state index < -0.39 is 11.6 Å². The first-order chi connectivity index (χ1) is 8.54. The van der Waals surface area contributed by atoms with Crippen LogP contribution in [0, 0.1) is 23.0 Å². The number of rotatable bonds is 5. The molecule has 0 aliphatic rings. The van der Waals surface area contributed by atoms with Gasteiger partial charge in [0.1, 0.15) is 6.07 Å². The molecule has 1 rings (SSSR count). The average molecular weight is 272 g/mol. The zero-order chi connectivity index (χ0) is 13.7. The molecule has 18 heavy (non-hydrogen) atoms. The van der Waals surface area contributed by atoms with Gasteiger partial charge < -0.3 is 10.4 Å². The van der Waals surface area contributed by atoms with Crippen LogP contribution in [-0.4, -0.2) is 29.3 Å². The van der Waals surface area contributed by atoms with Gasteiger partial charge in [-0.05, 0) is 25.3 Å². The van der Waals surface area contributed by atoms with E-state index >= 15 is 0 Å². The third kappa shape index (κ3) is 3.12. The number of hydrogen-bond donors (Lipinski definition) is 2. The number of aliphatic hydroxyl groups is 1. The van der Waals surface area contributed by atoms with E-state index in [0.29, 0.717) is 0 Å². The third-order valence-corrected chi connectivity index (χ3v) is 3.79. The zero-order valence-corrected chi connectivity index (χ0v) is 10.9. The van der Waals surface area contributed by atoms with Crippen LogP contribution in [0.5, 0.6) is 0 Å². The van der Waals surface area contributed by atoms with E-state index in [2.05, 4.69) is 5.32 Å². The van der Waals surface area contributed by atoms with Crippen molar-refractivity contribution in [1.82, 2.24) is 0 Å². The van der Waals surface area contributed by atoms with Gasteiger partial charge in [-0.3, -0.25) is 0 Å². The molecule has 0 bridgehead atoms. The van der Waals surface area contributed by atoms with Gasteiger partial charge in [-0.15, -0.1) is 0 Å². The highest BCUT2D eigenvalue weighted by molar-refractivity contribution is 7.99. The molecule has 0 saturated heterocycles. The Morgan fingerprint density at radius 2 is 2.11 bits per heavy atom. The molecule has 0 aromatic heterocycles. The molecule has 2 N–H and O–H groups in total. The summed E-state index contributed by atoms with van der Waals surface area (Å²) in [5.74, 6) is -2.22. The number of thioether (sulfide) groups is 1. The van der Waals surface area contributed by atoms with Crippen molar-refractivity contribution in [1.29, 1.82) is 5.26 Å². The highest BCUT2D eigenvalue weighted by Crippen LogP contribution is 2.23. The summed E-state index contributed by atoms with van der Waals surface area (Å²) in [6, 6.07) is 3.89. The quantitative estimate of drug-likeness (QED) is 0.864. The molecule has 3 nitrogen and oxygen atoms in total. The Hall–Kier alpha value is -1.32. The fourth-order valence-corrected chi connectivity index (χ4v) is 2.15. The standard InChI is InChI=1S/C12H14F2N2OS/c1-7(10(6-17)18-2)16-9-4-3-8(5-15)11(13)12(9)14/h3-4,7,10,16-17H,6H2,1-2H3. The maximum Gasteiger partial charge on any atom is 0.183 e. The van der Waals surface area contributed by atoms with Crippen LogP contribution in [0.2, 0.25) is 0 Å². The first-order valence-corrected chi connectivity index (χ1v) is 6.62. The molecular weight excluding hydrogens is 258 g/mol. The summed E-state index contributed by atoms with van der Waals surface area (Å²) in [4.78, 5) is 0. The first-order valence-electron chi connectivity index (χ1n) is 5.33. The highest BCUT2D eigenvalue weighted by atomic mass is 32.2.